The Balaban J connectivity index is 1.80. The quantitative estimate of drug-likeness (QED) is 0.338. The van der Waals surface area contributed by atoms with Gasteiger partial charge in [0.05, 0.1) is 27.9 Å². The van der Waals surface area contributed by atoms with Gasteiger partial charge in [0.25, 0.3) is 15.9 Å². The van der Waals surface area contributed by atoms with Crippen molar-refractivity contribution in [2.24, 2.45) is 5.10 Å². The molecule has 3 aromatic rings. The van der Waals surface area contributed by atoms with Gasteiger partial charge in [0.1, 0.15) is 23.8 Å². The summed E-state index contributed by atoms with van der Waals surface area (Å²) in [6.07, 6.45) is 1.34. The van der Waals surface area contributed by atoms with Gasteiger partial charge in [-0.05, 0) is 66.2 Å². The lowest BCUT2D eigenvalue weighted by molar-refractivity contribution is -0.119. The lowest BCUT2D eigenvalue weighted by Crippen LogP contribution is -2.39. The van der Waals surface area contributed by atoms with E-state index in [4.69, 9.17) is 9.15 Å². The number of carbonyl (C=O) groups is 1. The number of para-hydroxylation sites is 1. The molecule has 0 atom stereocenters. The molecule has 32 heavy (non-hydrogen) atoms. The fourth-order valence-electron chi connectivity index (χ4n) is 2.79. The molecule has 0 aliphatic rings. The number of ether oxygens (including phenoxy) is 1. The number of hydrogen-bond donors (Lipinski definition) is 1. The maximum absolute atomic E-state index is 13.3. The van der Waals surface area contributed by atoms with Gasteiger partial charge in [-0.15, -0.1) is 0 Å². The van der Waals surface area contributed by atoms with E-state index in [0.717, 1.165) is 8.78 Å². The van der Waals surface area contributed by atoms with Crippen LogP contribution in [0.15, 0.2) is 79.6 Å². The smallest absolute Gasteiger partial charge is 0.264 e. The number of aryl methyl sites for hydroxylation is 1. The number of nitrogens with zero attached hydrogens (tertiary/aromatic N) is 2. The Morgan fingerprint density at radius 2 is 1.88 bits per heavy atom. The van der Waals surface area contributed by atoms with Gasteiger partial charge in [0.15, 0.2) is 0 Å². The zero-order valence-electron chi connectivity index (χ0n) is 17.5. The number of hydrazone groups is 1. The predicted molar refractivity (Wildman–Crippen MR) is 125 cm³/mol. The van der Waals surface area contributed by atoms with Crippen LogP contribution in [0.4, 0.5) is 5.69 Å². The van der Waals surface area contributed by atoms with E-state index in [1.54, 1.807) is 55.5 Å². The molecule has 0 saturated heterocycles. The average molecular weight is 520 g/mol. The van der Waals surface area contributed by atoms with Crippen LogP contribution in [0.2, 0.25) is 0 Å². The zero-order chi connectivity index (χ0) is 23.1. The number of halogens is 1. The lowest BCUT2D eigenvalue weighted by atomic mass is 10.3. The van der Waals surface area contributed by atoms with Gasteiger partial charge in [-0.2, -0.15) is 5.10 Å². The molecule has 1 heterocycles. The molecule has 0 fully saturated rings. The number of benzene rings is 2. The number of hydrogen-bond acceptors (Lipinski definition) is 6. The minimum atomic E-state index is -4.02. The van der Waals surface area contributed by atoms with Gasteiger partial charge < -0.3 is 9.15 Å². The highest BCUT2D eigenvalue weighted by Crippen LogP contribution is 2.25. The second-order valence-electron chi connectivity index (χ2n) is 6.60. The molecule has 0 radical (unpaired) electrons. The zero-order valence-corrected chi connectivity index (χ0v) is 19.9. The first-order valence-corrected chi connectivity index (χ1v) is 11.9. The topological polar surface area (TPSA) is 101 Å². The molecule has 0 aliphatic carbocycles. The second kappa shape index (κ2) is 10.5. The standard InChI is InChI=1S/C22H22BrN3O5S/c1-3-30-18-9-11-20(12-10-18)32(28,29)26(17-7-5-4-6-8-17)15-22(27)25-24-14-19-13-21(23)16(2)31-19/h4-14H,3,15H2,1-2H3,(H,25,27)/b24-14-. The van der Waals surface area contributed by atoms with Crippen LogP contribution in [-0.4, -0.2) is 33.7 Å². The summed E-state index contributed by atoms with van der Waals surface area (Å²) in [6, 6.07) is 16.1. The van der Waals surface area contributed by atoms with E-state index in [1.807, 2.05) is 6.92 Å². The van der Waals surface area contributed by atoms with Crippen molar-refractivity contribution in [2.75, 3.05) is 17.5 Å². The van der Waals surface area contributed by atoms with E-state index >= 15 is 0 Å². The number of nitrogens with one attached hydrogen (secondary N) is 1. The largest absolute Gasteiger partial charge is 0.494 e. The van der Waals surface area contributed by atoms with Crippen LogP contribution >= 0.6 is 15.9 Å². The Kier molecular flexibility index (Phi) is 7.70. The van der Waals surface area contributed by atoms with Crippen molar-refractivity contribution in [3.63, 3.8) is 0 Å². The van der Waals surface area contributed by atoms with E-state index < -0.39 is 22.5 Å². The van der Waals surface area contributed by atoms with E-state index in [9.17, 15) is 13.2 Å². The first-order valence-electron chi connectivity index (χ1n) is 9.69. The highest BCUT2D eigenvalue weighted by Gasteiger charge is 2.27. The Hall–Kier alpha value is -3.11. The molecular weight excluding hydrogens is 498 g/mol. The van der Waals surface area contributed by atoms with Crippen LogP contribution < -0.4 is 14.5 Å². The Morgan fingerprint density at radius 3 is 2.47 bits per heavy atom. The van der Waals surface area contributed by atoms with E-state index in [1.165, 1.54) is 18.3 Å². The minimum absolute atomic E-state index is 0.0389. The molecule has 0 spiro atoms. The number of furan rings is 1. The summed E-state index contributed by atoms with van der Waals surface area (Å²) < 4.78 is 39.2. The summed E-state index contributed by atoms with van der Waals surface area (Å²) in [7, 11) is -4.02. The molecular formula is C22H22BrN3O5S. The van der Waals surface area contributed by atoms with Crippen molar-refractivity contribution in [3.8, 4) is 5.75 Å². The van der Waals surface area contributed by atoms with Gasteiger partial charge in [-0.3, -0.25) is 9.10 Å². The number of amides is 1. The molecule has 0 aliphatic heterocycles. The molecule has 3 rings (SSSR count). The summed E-state index contributed by atoms with van der Waals surface area (Å²) in [5, 5.41) is 3.85. The first-order chi connectivity index (χ1) is 15.3. The fraction of sp³-hybridized carbons (Fsp3) is 0.182. The van der Waals surface area contributed by atoms with Crippen molar-refractivity contribution < 1.29 is 22.4 Å². The molecule has 8 nitrogen and oxygen atoms in total. The highest BCUT2D eigenvalue weighted by atomic mass is 79.9. The highest BCUT2D eigenvalue weighted by molar-refractivity contribution is 9.10. The van der Waals surface area contributed by atoms with Crippen LogP contribution in [0.1, 0.15) is 18.4 Å². The molecule has 0 bridgehead atoms. The lowest BCUT2D eigenvalue weighted by Gasteiger charge is -2.23. The number of sulfonamides is 1. The summed E-state index contributed by atoms with van der Waals surface area (Å²) in [5.41, 5.74) is 2.69. The van der Waals surface area contributed by atoms with Crippen LogP contribution in [0.25, 0.3) is 0 Å². The molecule has 2 aromatic carbocycles. The third kappa shape index (κ3) is 5.77. The number of anilines is 1. The van der Waals surface area contributed by atoms with Gasteiger partial charge >= 0.3 is 0 Å². The van der Waals surface area contributed by atoms with Crippen molar-refractivity contribution in [2.45, 2.75) is 18.7 Å². The molecule has 1 aromatic heterocycles. The van der Waals surface area contributed by atoms with Crippen LogP contribution in [0, 0.1) is 6.92 Å². The summed E-state index contributed by atoms with van der Waals surface area (Å²) >= 11 is 3.33. The van der Waals surface area contributed by atoms with Gasteiger partial charge in [-0.25, -0.2) is 13.8 Å². The molecule has 0 saturated carbocycles. The average Bonchev–Trinajstić information content (AvgIpc) is 3.10. The van der Waals surface area contributed by atoms with Gasteiger partial charge in [0.2, 0.25) is 0 Å². The molecule has 0 unspecified atom stereocenters. The maximum Gasteiger partial charge on any atom is 0.264 e. The number of rotatable bonds is 9. The van der Waals surface area contributed by atoms with Crippen molar-refractivity contribution in [1.29, 1.82) is 0 Å². The molecule has 168 valence electrons. The minimum Gasteiger partial charge on any atom is -0.494 e. The van der Waals surface area contributed by atoms with Crippen molar-refractivity contribution >= 4 is 43.8 Å². The molecule has 1 amide bonds. The van der Waals surface area contributed by atoms with E-state index in [0.29, 0.717) is 29.6 Å². The van der Waals surface area contributed by atoms with E-state index in [2.05, 4.69) is 26.5 Å². The monoisotopic (exact) mass is 519 g/mol. The summed E-state index contributed by atoms with van der Waals surface area (Å²) in [4.78, 5) is 12.6. The van der Waals surface area contributed by atoms with Crippen LogP contribution in [0.5, 0.6) is 5.75 Å². The van der Waals surface area contributed by atoms with Gasteiger partial charge in [0, 0.05) is 6.07 Å². The van der Waals surface area contributed by atoms with Crippen molar-refractivity contribution in [1.82, 2.24) is 5.43 Å². The predicted octanol–water partition coefficient (Wildman–Crippen LogP) is 4.09. The van der Waals surface area contributed by atoms with Crippen molar-refractivity contribution in [3.05, 3.63) is 76.7 Å². The number of carbonyl (C=O) groups excluding carboxylic acids is 1. The second-order valence-corrected chi connectivity index (χ2v) is 9.31. The third-order valence-electron chi connectivity index (χ3n) is 4.31. The van der Waals surface area contributed by atoms with E-state index in [-0.39, 0.29) is 4.90 Å². The molecule has 10 heteroatoms. The Bertz CT molecular complexity index is 1170. The van der Waals surface area contributed by atoms with Crippen LogP contribution in [-0.2, 0) is 14.8 Å². The normalized spacial score (nSPS) is 11.5. The Morgan fingerprint density at radius 1 is 1.19 bits per heavy atom. The summed E-state index contributed by atoms with van der Waals surface area (Å²) in [6.45, 7) is 3.63. The third-order valence-corrected chi connectivity index (χ3v) is 6.89. The fourth-order valence-corrected chi connectivity index (χ4v) is 4.52. The Labute approximate surface area is 195 Å². The van der Waals surface area contributed by atoms with Gasteiger partial charge in [-0.1, -0.05) is 18.2 Å². The SMILES string of the molecule is CCOc1ccc(S(=O)(=O)N(CC(=O)N/N=C\c2cc(Br)c(C)o2)c2ccccc2)cc1. The molecule has 1 N–H and O–H groups in total. The first kappa shape index (κ1) is 23.6. The van der Waals surface area contributed by atoms with Crippen LogP contribution in [0.3, 0.4) is 0 Å². The summed E-state index contributed by atoms with van der Waals surface area (Å²) in [5.74, 6) is 1.07. The maximum atomic E-state index is 13.3.